The third-order valence-corrected chi connectivity index (χ3v) is 5.13. The fraction of sp³-hybridized carbons (Fsp3) is 0.864. The van der Waals surface area contributed by atoms with Gasteiger partial charge in [-0.1, -0.05) is 77.4 Å². The highest BCUT2D eigenvalue weighted by Gasteiger charge is 2.08. The molecule has 1 unspecified atom stereocenters. The van der Waals surface area contributed by atoms with Gasteiger partial charge in [0.1, 0.15) is 5.78 Å². The summed E-state index contributed by atoms with van der Waals surface area (Å²) in [5.41, 5.74) is 1.32. The summed E-state index contributed by atoms with van der Waals surface area (Å²) in [5.74, 6) is 2.51. The summed E-state index contributed by atoms with van der Waals surface area (Å²) in [6, 6.07) is 0. The van der Waals surface area contributed by atoms with E-state index in [2.05, 4.69) is 27.7 Å². The minimum atomic E-state index is 0.173. The highest BCUT2D eigenvalue weighted by Crippen LogP contribution is 2.22. The molecular weight excluding hydrogens is 296 g/mol. The quantitative estimate of drug-likeness (QED) is 0.355. The van der Waals surface area contributed by atoms with Gasteiger partial charge in [0.05, 0.1) is 6.61 Å². The summed E-state index contributed by atoms with van der Waals surface area (Å²) in [6.45, 7) is 10.9. The van der Waals surface area contributed by atoms with Crippen LogP contribution in [-0.4, -0.2) is 17.5 Å². The standard InChI is InChI=1S/C22H42O2/c1-18(11-7-13-20(3)15-16-23)9-6-10-19(2)12-8-14-21(4)17-22(5)24/h15,18-19,21,23H,6-14,16-17H2,1-5H3/t18-,19+,21?/m1/s1. The van der Waals surface area contributed by atoms with E-state index in [0.717, 1.165) is 24.7 Å². The van der Waals surface area contributed by atoms with Gasteiger partial charge in [-0.25, -0.2) is 0 Å². The van der Waals surface area contributed by atoms with E-state index in [-0.39, 0.29) is 6.61 Å². The Labute approximate surface area is 151 Å². The zero-order chi connectivity index (χ0) is 18.4. The number of hydrogen-bond acceptors (Lipinski definition) is 2. The number of Topliss-reactive ketones (excluding diaryl/α,β-unsaturated/α-hetero) is 1. The molecule has 0 saturated carbocycles. The van der Waals surface area contributed by atoms with Crippen molar-refractivity contribution in [1.29, 1.82) is 0 Å². The predicted octanol–water partition coefficient (Wildman–Crippen LogP) is 6.32. The Kier molecular flexibility index (Phi) is 14.3. The van der Waals surface area contributed by atoms with Crippen LogP contribution in [0.1, 0.15) is 98.8 Å². The van der Waals surface area contributed by atoms with Gasteiger partial charge in [-0.15, -0.1) is 0 Å². The van der Waals surface area contributed by atoms with Crippen molar-refractivity contribution in [2.24, 2.45) is 17.8 Å². The molecule has 0 aromatic carbocycles. The molecule has 0 heterocycles. The van der Waals surface area contributed by atoms with E-state index >= 15 is 0 Å². The molecule has 1 N–H and O–H groups in total. The van der Waals surface area contributed by atoms with Crippen LogP contribution in [0.4, 0.5) is 0 Å². The lowest BCUT2D eigenvalue weighted by atomic mass is 9.90. The van der Waals surface area contributed by atoms with E-state index in [1.54, 1.807) is 6.92 Å². The number of carbonyl (C=O) groups is 1. The van der Waals surface area contributed by atoms with Gasteiger partial charge in [0.25, 0.3) is 0 Å². The lowest BCUT2D eigenvalue weighted by Crippen LogP contribution is -2.03. The van der Waals surface area contributed by atoms with Crippen molar-refractivity contribution >= 4 is 5.78 Å². The third kappa shape index (κ3) is 14.9. The van der Waals surface area contributed by atoms with Crippen LogP contribution in [0.15, 0.2) is 11.6 Å². The Bertz CT molecular complexity index is 346. The van der Waals surface area contributed by atoms with Crippen LogP contribution >= 0.6 is 0 Å². The molecule has 2 nitrogen and oxygen atoms in total. The third-order valence-electron chi connectivity index (χ3n) is 5.13. The first-order valence-corrected chi connectivity index (χ1v) is 10.1. The highest BCUT2D eigenvalue weighted by molar-refractivity contribution is 5.75. The lowest BCUT2D eigenvalue weighted by molar-refractivity contribution is -0.117. The van der Waals surface area contributed by atoms with E-state index in [4.69, 9.17) is 5.11 Å². The molecule has 3 atom stereocenters. The summed E-state index contributed by atoms with van der Waals surface area (Å²) in [5, 5.41) is 8.85. The summed E-state index contributed by atoms with van der Waals surface area (Å²) in [4.78, 5) is 11.1. The van der Waals surface area contributed by atoms with Crippen LogP contribution < -0.4 is 0 Å². The largest absolute Gasteiger partial charge is 0.392 e. The first-order chi connectivity index (χ1) is 11.3. The SMILES string of the molecule is CC(=O)CC(C)CCC[C@@H](C)CCC[C@@H](C)CCCC(C)=CCO. The molecule has 0 spiro atoms. The van der Waals surface area contributed by atoms with Crippen LogP contribution in [-0.2, 0) is 4.79 Å². The van der Waals surface area contributed by atoms with Crippen molar-refractivity contribution in [2.45, 2.75) is 98.8 Å². The summed E-state index contributed by atoms with van der Waals surface area (Å²) >= 11 is 0. The van der Waals surface area contributed by atoms with Crippen LogP contribution in [0.5, 0.6) is 0 Å². The van der Waals surface area contributed by atoms with Crippen LogP contribution in [0, 0.1) is 17.8 Å². The molecule has 0 bridgehead atoms. The highest BCUT2D eigenvalue weighted by atomic mass is 16.2. The molecule has 0 radical (unpaired) electrons. The molecule has 0 saturated heterocycles. The molecule has 0 amide bonds. The molecule has 142 valence electrons. The maximum Gasteiger partial charge on any atom is 0.130 e. The van der Waals surface area contributed by atoms with Crippen molar-refractivity contribution in [3.8, 4) is 0 Å². The Hall–Kier alpha value is -0.630. The van der Waals surface area contributed by atoms with Gasteiger partial charge in [0.2, 0.25) is 0 Å². The molecule has 0 aromatic heterocycles. The van der Waals surface area contributed by atoms with Crippen LogP contribution in [0.2, 0.25) is 0 Å². The Balaban J connectivity index is 3.61. The second-order valence-corrected chi connectivity index (χ2v) is 8.21. The number of hydrogen-bond donors (Lipinski definition) is 1. The van der Waals surface area contributed by atoms with Crippen molar-refractivity contribution in [3.63, 3.8) is 0 Å². The van der Waals surface area contributed by atoms with E-state index in [9.17, 15) is 4.79 Å². The first kappa shape index (κ1) is 23.4. The lowest BCUT2D eigenvalue weighted by Gasteiger charge is -2.15. The van der Waals surface area contributed by atoms with Crippen molar-refractivity contribution < 1.29 is 9.90 Å². The number of ketones is 1. The second kappa shape index (κ2) is 14.7. The Morgan fingerprint density at radius 1 is 0.833 bits per heavy atom. The minimum Gasteiger partial charge on any atom is -0.392 e. The van der Waals surface area contributed by atoms with Crippen LogP contribution in [0.25, 0.3) is 0 Å². The molecule has 0 aliphatic rings. The van der Waals surface area contributed by atoms with Crippen molar-refractivity contribution in [2.75, 3.05) is 6.61 Å². The van der Waals surface area contributed by atoms with Crippen molar-refractivity contribution in [3.05, 3.63) is 11.6 Å². The molecule has 0 aromatic rings. The maximum atomic E-state index is 11.1. The van der Waals surface area contributed by atoms with E-state index < -0.39 is 0 Å². The molecule has 0 aliphatic heterocycles. The molecule has 0 rings (SSSR count). The molecular formula is C22H42O2. The number of allylic oxidation sites excluding steroid dienone is 1. The maximum absolute atomic E-state index is 11.1. The number of aliphatic hydroxyl groups excluding tert-OH is 1. The molecule has 2 heteroatoms. The predicted molar refractivity (Wildman–Crippen MR) is 105 cm³/mol. The fourth-order valence-electron chi connectivity index (χ4n) is 3.50. The van der Waals surface area contributed by atoms with Crippen molar-refractivity contribution in [1.82, 2.24) is 0 Å². The van der Waals surface area contributed by atoms with E-state index in [0.29, 0.717) is 11.7 Å². The normalized spacial score (nSPS) is 16.0. The van der Waals surface area contributed by atoms with Gasteiger partial charge in [-0.3, -0.25) is 0 Å². The average molecular weight is 339 g/mol. The van der Waals surface area contributed by atoms with Gasteiger partial charge in [0, 0.05) is 6.42 Å². The summed E-state index contributed by atoms with van der Waals surface area (Å²) < 4.78 is 0. The first-order valence-electron chi connectivity index (χ1n) is 10.1. The van der Waals surface area contributed by atoms with E-state index in [1.807, 2.05) is 6.08 Å². The monoisotopic (exact) mass is 338 g/mol. The smallest absolute Gasteiger partial charge is 0.130 e. The molecule has 0 aliphatic carbocycles. The van der Waals surface area contributed by atoms with Gasteiger partial charge in [-0.05, 0) is 44.4 Å². The number of aliphatic hydroxyl groups is 1. The minimum absolute atomic E-state index is 0.173. The van der Waals surface area contributed by atoms with Gasteiger partial charge >= 0.3 is 0 Å². The van der Waals surface area contributed by atoms with E-state index in [1.165, 1.54) is 56.9 Å². The fourth-order valence-corrected chi connectivity index (χ4v) is 3.50. The van der Waals surface area contributed by atoms with Crippen LogP contribution in [0.3, 0.4) is 0 Å². The van der Waals surface area contributed by atoms with Gasteiger partial charge < -0.3 is 9.90 Å². The second-order valence-electron chi connectivity index (χ2n) is 8.21. The Morgan fingerprint density at radius 3 is 1.75 bits per heavy atom. The summed E-state index contributed by atoms with van der Waals surface area (Å²) in [7, 11) is 0. The zero-order valence-electron chi connectivity index (χ0n) is 16.9. The zero-order valence-corrected chi connectivity index (χ0v) is 16.9. The number of carbonyl (C=O) groups excluding carboxylic acids is 1. The molecule has 0 fully saturated rings. The molecule has 24 heavy (non-hydrogen) atoms. The summed E-state index contributed by atoms with van der Waals surface area (Å²) in [6.07, 6.45) is 14.1. The van der Waals surface area contributed by atoms with Gasteiger partial charge in [-0.2, -0.15) is 0 Å². The Morgan fingerprint density at radius 2 is 1.29 bits per heavy atom. The van der Waals surface area contributed by atoms with Gasteiger partial charge in [0.15, 0.2) is 0 Å². The topological polar surface area (TPSA) is 37.3 Å². The average Bonchev–Trinajstić information content (AvgIpc) is 2.46. The number of rotatable bonds is 15.